The lowest BCUT2D eigenvalue weighted by molar-refractivity contribution is -0.136. The van der Waals surface area contributed by atoms with Gasteiger partial charge in [-0.2, -0.15) is 5.10 Å². The minimum atomic E-state index is -0.945. The Balaban J connectivity index is 1.58. The SMILES string of the molecule is COc1cc(/C=N/NC(=O)C(=O)Nc2ccc(Cl)cc2)ccc1OC(=O)c1cccs1. The van der Waals surface area contributed by atoms with Crippen molar-refractivity contribution in [3.8, 4) is 11.5 Å². The molecule has 2 amide bonds. The van der Waals surface area contributed by atoms with E-state index in [1.807, 2.05) is 0 Å². The van der Waals surface area contributed by atoms with Gasteiger partial charge in [0.25, 0.3) is 0 Å². The lowest BCUT2D eigenvalue weighted by Gasteiger charge is -2.09. The van der Waals surface area contributed by atoms with Crippen molar-refractivity contribution in [1.29, 1.82) is 0 Å². The number of hydrogen-bond acceptors (Lipinski definition) is 7. The molecule has 158 valence electrons. The molecule has 0 aliphatic rings. The molecule has 8 nitrogen and oxygen atoms in total. The van der Waals surface area contributed by atoms with Gasteiger partial charge in [-0.05, 0) is 59.5 Å². The van der Waals surface area contributed by atoms with E-state index in [0.29, 0.717) is 26.9 Å². The number of thiophene rings is 1. The van der Waals surface area contributed by atoms with Gasteiger partial charge in [0.2, 0.25) is 0 Å². The summed E-state index contributed by atoms with van der Waals surface area (Å²) in [7, 11) is 1.43. The Morgan fingerprint density at radius 1 is 1.03 bits per heavy atom. The summed E-state index contributed by atoms with van der Waals surface area (Å²) in [6, 6.07) is 14.4. The van der Waals surface area contributed by atoms with E-state index < -0.39 is 17.8 Å². The van der Waals surface area contributed by atoms with Gasteiger partial charge >= 0.3 is 17.8 Å². The number of nitrogens with one attached hydrogen (secondary N) is 2. The molecule has 0 bridgehead atoms. The number of hydrogen-bond donors (Lipinski definition) is 2. The second-order valence-electron chi connectivity index (χ2n) is 5.94. The van der Waals surface area contributed by atoms with Gasteiger partial charge < -0.3 is 14.8 Å². The second kappa shape index (κ2) is 10.4. The van der Waals surface area contributed by atoms with Gasteiger partial charge in [0.15, 0.2) is 11.5 Å². The summed E-state index contributed by atoms with van der Waals surface area (Å²) in [6.07, 6.45) is 1.32. The molecule has 0 radical (unpaired) electrons. The normalized spacial score (nSPS) is 10.5. The van der Waals surface area contributed by atoms with Gasteiger partial charge in [-0.3, -0.25) is 9.59 Å². The van der Waals surface area contributed by atoms with Crippen LogP contribution in [0.25, 0.3) is 0 Å². The largest absolute Gasteiger partial charge is 0.493 e. The van der Waals surface area contributed by atoms with Crippen molar-refractivity contribution >= 4 is 52.6 Å². The van der Waals surface area contributed by atoms with Crippen molar-refractivity contribution in [2.75, 3.05) is 12.4 Å². The number of ether oxygens (including phenoxy) is 2. The summed E-state index contributed by atoms with van der Waals surface area (Å²) in [4.78, 5) is 36.3. The summed E-state index contributed by atoms with van der Waals surface area (Å²) >= 11 is 7.04. The minimum Gasteiger partial charge on any atom is -0.493 e. The zero-order chi connectivity index (χ0) is 22.2. The maximum Gasteiger partial charge on any atom is 0.353 e. The Labute approximate surface area is 186 Å². The van der Waals surface area contributed by atoms with Crippen molar-refractivity contribution in [3.05, 3.63) is 75.4 Å². The van der Waals surface area contributed by atoms with Crippen LogP contribution in [0.1, 0.15) is 15.2 Å². The fourth-order valence-electron chi connectivity index (χ4n) is 2.33. The summed E-state index contributed by atoms with van der Waals surface area (Å²) in [5, 5.41) is 8.46. The third-order valence-electron chi connectivity index (χ3n) is 3.80. The fourth-order valence-corrected chi connectivity index (χ4v) is 3.06. The lowest BCUT2D eigenvalue weighted by Crippen LogP contribution is -2.32. The Bertz CT molecular complexity index is 1110. The van der Waals surface area contributed by atoms with E-state index in [0.717, 1.165) is 0 Å². The number of esters is 1. The van der Waals surface area contributed by atoms with Crippen molar-refractivity contribution < 1.29 is 23.9 Å². The molecule has 10 heteroatoms. The Morgan fingerprint density at radius 3 is 2.48 bits per heavy atom. The average molecular weight is 458 g/mol. The highest BCUT2D eigenvalue weighted by Gasteiger charge is 2.14. The van der Waals surface area contributed by atoms with Gasteiger partial charge in [0, 0.05) is 10.7 Å². The molecule has 2 N–H and O–H groups in total. The van der Waals surface area contributed by atoms with E-state index in [4.69, 9.17) is 21.1 Å². The molecule has 3 rings (SSSR count). The van der Waals surface area contributed by atoms with E-state index in [1.54, 1.807) is 60.0 Å². The lowest BCUT2D eigenvalue weighted by atomic mass is 10.2. The highest BCUT2D eigenvalue weighted by molar-refractivity contribution is 7.12. The molecule has 0 aliphatic carbocycles. The third-order valence-corrected chi connectivity index (χ3v) is 4.90. The first kappa shape index (κ1) is 22.0. The van der Waals surface area contributed by atoms with Crippen LogP contribution in [-0.4, -0.2) is 31.1 Å². The maximum atomic E-state index is 12.1. The van der Waals surface area contributed by atoms with E-state index in [9.17, 15) is 14.4 Å². The maximum absolute atomic E-state index is 12.1. The molecule has 0 saturated carbocycles. The van der Waals surface area contributed by atoms with E-state index in [1.165, 1.54) is 24.7 Å². The van der Waals surface area contributed by atoms with Crippen LogP contribution in [0.2, 0.25) is 5.02 Å². The van der Waals surface area contributed by atoms with Gasteiger partial charge in [-0.1, -0.05) is 17.7 Å². The third kappa shape index (κ3) is 6.14. The fraction of sp³-hybridized carbons (Fsp3) is 0.0476. The van der Waals surface area contributed by atoms with Crippen LogP contribution in [0, 0.1) is 0 Å². The standard InChI is InChI=1S/C21H16ClN3O5S/c1-29-17-11-13(4-9-16(17)30-21(28)18-3-2-10-31-18)12-23-25-20(27)19(26)24-15-7-5-14(22)6-8-15/h2-12H,1H3,(H,24,26)(H,25,27)/b23-12+. The molecule has 2 aromatic carbocycles. The van der Waals surface area contributed by atoms with Gasteiger partial charge in [0.1, 0.15) is 4.88 Å². The molecule has 3 aromatic rings. The molecule has 0 unspecified atom stereocenters. The number of benzene rings is 2. The number of hydrazone groups is 1. The Hall–Kier alpha value is -3.69. The van der Waals surface area contributed by atoms with Crippen molar-refractivity contribution in [2.24, 2.45) is 5.10 Å². The minimum absolute atomic E-state index is 0.240. The average Bonchev–Trinajstić information content (AvgIpc) is 3.31. The van der Waals surface area contributed by atoms with Crippen molar-refractivity contribution in [2.45, 2.75) is 0 Å². The zero-order valence-electron chi connectivity index (χ0n) is 16.1. The summed E-state index contributed by atoms with van der Waals surface area (Å²) < 4.78 is 10.6. The number of carbonyl (C=O) groups excluding carboxylic acids is 3. The van der Waals surface area contributed by atoms with Crippen molar-refractivity contribution in [3.63, 3.8) is 0 Å². The molecular weight excluding hydrogens is 442 g/mol. The van der Waals surface area contributed by atoms with Crippen LogP contribution in [0.5, 0.6) is 11.5 Å². The predicted octanol–water partition coefficient (Wildman–Crippen LogP) is 3.72. The predicted molar refractivity (Wildman–Crippen MR) is 118 cm³/mol. The smallest absolute Gasteiger partial charge is 0.353 e. The van der Waals surface area contributed by atoms with E-state index in [2.05, 4.69) is 15.8 Å². The highest BCUT2D eigenvalue weighted by Crippen LogP contribution is 2.28. The molecule has 0 fully saturated rings. The number of anilines is 1. The molecule has 1 aromatic heterocycles. The van der Waals surface area contributed by atoms with Crippen LogP contribution >= 0.6 is 22.9 Å². The quantitative estimate of drug-likeness (QED) is 0.193. The molecule has 0 aliphatic heterocycles. The second-order valence-corrected chi connectivity index (χ2v) is 7.32. The van der Waals surface area contributed by atoms with Gasteiger partial charge in [-0.25, -0.2) is 10.2 Å². The molecule has 0 saturated heterocycles. The van der Waals surface area contributed by atoms with Crippen LogP contribution in [-0.2, 0) is 9.59 Å². The van der Waals surface area contributed by atoms with E-state index in [-0.39, 0.29) is 5.75 Å². The van der Waals surface area contributed by atoms with Crippen LogP contribution in [0.4, 0.5) is 5.69 Å². The summed E-state index contributed by atoms with van der Waals surface area (Å²) in [5.41, 5.74) is 3.10. The summed E-state index contributed by atoms with van der Waals surface area (Å²) in [6.45, 7) is 0. The van der Waals surface area contributed by atoms with Crippen LogP contribution in [0.3, 0.4) is 0 Å². The molecule has 1 heterocycles. The number of halogens is 1. The van der Waals surface area contributed by atoms with Gasteiger partial charge in [-0.15, -0.1) is 11.3 Å². The monoisotopic (exact) mass is 457 g/mol. The zero-order valence-corrected chi connectivity index (χ0v) is 17.7. The van der Waals surface area contributed by atoms with Crippen LogP contribution < -0.4 is 20.2 Å². The van der Waals surface area contributed by atoms with E-state index >= 15 is 0 Å². The number of rotatable bonds is 6. The molecule has 0 spiro atoms. The molecule has 31 heavy (non-hydrogen) atoms. The Morgan fingerprint density at radius 2 is 1.81 bits per heavy atom. The number of methoxy groups -OCH3 is 1. The number of carbonyl (C=O) groups is 3. The highest BCUT2D eigenvalue weighted by atomic mass is 35.5. The summed E-state index contributed by atoms with van der Waals surface area (Å²) in [5.74, 6) is -1.77. The van der Waals surface area contributed by atoms with Crippen LogP contribution in [0.15, 0.2) is 65.1 Å². The topological polar surface area (TPSA) is 106 Å². The molecule has 0 atom stereocenters. The number of nitrogens with zero attached hydrogens (tertiary/aromatic N) is 1. The van der Waals surface area contributed by atoms with Crippen molar-refractivity contribution in [1.82, 2.24) is 5.43 Å². The first-order valence-corrected chi connectivity index (χ1v) is 10.1. The molecular formula is C21H16ClN3O5S. The number of amides is 2. The van der Waals surface area contributed by atoms with Gasteiger partial charge in [0.05, 0.1) is 13.3 Å². The Kier molecular flexibility index (Phi) is 7.36. The first-order chi connectivity index (χ1) is 15.0. The first-order valence-electron chi connectivity index (χ1n) is 8.80.